The number of halogens is 1. The first-order valence-corrected chi connectivity index (χ1v) is 8.77. The monoisotopic (exact) mass is 306 g/mol. The highest BCUT2D eigenvalue weighted by Crippen LogP contribution is 2.56. The van der Waals surface area contributed by atoms with E-state index in [9.17, 15) is 4.79 Å². The zero-order valence-corrected chi connectivity index (χ0v) is 14.6. The van der Waals surface area contributed by atoms with Crippen molar-refractivity contribution in [2.45, 2.75) is 72.6 Å². The molecule has 21 heavy (non-hydrogen) atoms. The topological polar surface area (TPSA) is 17.1 Å². The van der Waals surface area contributed by atoms with Crippen LogP contribution in [-0.2, 0) is 4.79 Å². The summed E-state index contributed by atoms with van der Waals surface area (Å²) in [5.74, 6) is 0.481. The molecule has 0 amide bonds. The molecule has 2 atom stereocenters. The largest absolute Gasteiger partial charge is 0.294 e. The molecule has 116 valence electrons. The molecule has 3 aliphatic carbocycles. The van der Waals surface area contributed by atoms with E-state index in [1.165, 1.54) is 5.57 Å². The molecule has 2 bridgehead atoms. The van der Waals surface area contributed by atoms with E-state index < -0.39 is 0 Å². The Balaban J connectivity index is 2.15. The van der Waals surface area contributed by atoms with Crippen LogP contribution >= 0.6 is 11.6 Å². The lowest BCUT2D eigenvalue weighted by molar-refractivity contribution is -0.124. The van der Waals surface area contributed by atoms with E-state index in [-0.39, 0.29) is 16.7 Å². The maximum atomic E-state index is 13.3. The van der Waals surface area contributed by atoms with Crippen molar-refractivity contribution in [2.75, 3.05) is 0 Å². The molecule has 0 aromatic heterocycles. The molecular formula is C19H27ClO. The molecule has 1 unspecified atom stereocenters. The smallest absolute Gasteiger partial charge is 0.164 e. The van der Waals surface area contributed by atoms with Gasteiger partial charge in [0.25, 0.3) is 0 Å². The SMILES string of the molecule is CC1=C2CC[C@]3(C)CCCC(Cl)=C3C(=O)C(CC1)C2(C)C. The van der Waals surface area contributed by atoms with Crippen molar-refractivity contribution in [1.82, 2.24) is 0 Å². The fraction of sp³-hybridized carbons (Fsp3) is 0.737. The molecule has 1 saturated carbocycles. The molecule has 0 aromatic carbocycles. The molecule has 0 saturated heterocycles. The van der Waals surface area contributed by atoms with Crippen molar-refractivity contribution in [3.8, 4) is 0 Å². The van der Waals surface area contributed by atoms with E-state index in [4.69, 9.17) is 11.6 Å². The number of hydrogen-bond donors (Lipinski definition) is 0. The number of carbonyl (C=O) groups excluding carboxylic acids is 1. The van der Waals surface area contributed by atoms with Gasteiger partial charge in [-0.25, -0.2) is 0 Å². The van der Waals surface area contributed by atoms with Crippen molar-refractivity contribution in [3.63, 3.8) is 0 Å². The van der Waals surface area contributed by atoms with Crippen LogP contribution in [0.3, 0.4) is 0 Å². The summed E-state index contributed by atoms with van der Waals surface area (Å²) in [6.45, 7) is 9.08. The Morgan fingerprint density at radius 3 is 2.52 bits per heavy atom. The van der Waals surface area contributed by atoms with Gasteiger partial charge in [-0.3, -0.25) is 4.79 Å². The van der Waals surface area contributed by atoms with Gasteiger partial charge in [0.05, 0.1) is 0 Å². The third kappa shape index (κ3) is 2.23. The molecule has 0 N–H and O–H groups in total. The molecule has 1 nitrogen and oxygen atoms in total. The minimum absolute atomic E-state index is 0.00234. The van der Waals surface area contributed by atoms with Crippen LogP contribution in [0.15, 0.2) is 21.8 Å². The quantitative estimate of drug-likeness (QED) is 0.518. The fourth-order valence-corrected chi connectivity index (χ4v) is 5.55. The first-order chi connectivity index (χ1) is 9.77. The molecule has 1 fully saturated rings. The van der Waals surface area contributed by atoms with Crippen molar-refractivity contribution in [2.24, 2.45) is 16.7 Å². The van der Waals surface area contributed by atoms with Crippen LogP contribution in [0.4, 0.5) is 0 Å². The Kier molecular flexibility index (Phi) is 3.64. The van der Waals surface area contributed by atoms with Gasteiger partial charge in [-0.2, -0.15) is 0 Å². The number of allylic oxidation sites excluding steroid dienone is 4. The second kappa shape index (κ2) is 4.98. The second-order valence-electron chi connectivity index (χ2n) is 8.13. The Morgan fingerprint density at radius 2 is 1.81 bits per heavy atom. The standard InChI is InChI=1S/C19H27ClO/c1-12-7-8-14-17(21)16-15(20)6-5-10-19(16,4)11-9-13(12)18(14,2)3/h14H,5-11H2,1-4H3/t14?,19-/m0/s1. The lowest BCUT2D eigenvalue weighted by Crippen LogP contribution is -2.43. The van der Waals surface area contributed by atoms with Gasteiger partial charge in [0.1, 0.15) is 0 Å². The summed E-state index contributed by atoms with van der Waals surface area (Å²) >= 11 is 6.55. The third-order valence-corrected chi connectivity index (χ3v) is 6.84. The minimum atomic E-state index is 0.00234. The average Bonchev–Trinajstić information content (AvgIpc) is 2.36. The number of ketones is 1. The number of Topliss-reactive ketones (excluding diaryl/α,β-unsaturated/α-hetero) is 1. The van der Waals surface area contributed by atoms with E-state index in [1.54, 1.807) is 5.57 Å². The van der Waals surface area contributed by atoms with Crippen LogP contribution in [0.1, 0.15) is 72.6 Å². The van der Waals surface area contributed by atoms with Gasteiger partial charge in [0, 0.05) is 16.5 Å². The fourth-order valence-electron chi connectivity index (χ4n) is 5.09. The Morgan fingerprint density at radius 1 is 1.10 bits per heavy atom. The van der Waals surface area contributed by atoms with E-state index in [0.717, 1.165) is 55.6 Å². The Labute approximate surface area is 133 Å². The summed E-state index contributed by atoms with van der Waals surface area (Å²) < 4.78 is 0. The zero-order chi connectivity index (χ0) is 15.4. The first-order valence-electron chi connectivity index (χ1n) is 8.40. The third-order valence-electron chi connectivity index (χ3n) is 6.46. The molecule has 0 heterocycles. The van der Waals surface area contributed by atoms with Crippen molar-refractivity contribution < 1.29 is 4.79 Å². The van der Waals surface area contributed by atoms with Crippen molar-refractivity contribution in [1.29, 1.82) is 0 Å². The van der Waals surface area contributed by atoms with E-state index >= 15 is 0 Å². The van der Waals surface area contributed by atoms with Gasteiger partial charge in [0.15, 0.2) is 5.78 Å². The van der Waals surface area contributed by atoms with Crippen LogP contribution in [0, 0.1) is 16.7 Å². The predicted molar refractivity (Wildman–Crippen MR) is 88.3 cm³/mol. The molecule has 0 spiro atoms. The lowest BCUT2D eigenvalue weighted by Gasteiger charge is -2.48. The maximum absolute atomic E-state index is 13.3. The number of hydrogen-bond acceptors (Lipinski definition) is 1. The molecule has 3 rings (SSSR count). The normalized spacial score (nSPS) is 36.2. The number of fused-ring (bicyclic) bond motifs is 3. The van der Waals surface area contributed by atoms with Crippen LogP contribution in [-0.4, -0.2) is 5.78 Å². The van der Waals surface area contributed by atoms with Gasteiger partial charge >= 0.3 is 0 Å². The summed E-state index contributed by atoms with van der Waals surface area (Å²) in [6.07, 6.45) is 7.41. The number of carbonyl (C=O) groups is 1. The average molecular weight is 307 g/mol. The summed E-state index contributed by atoms with van der Waals surface area (Å²) in [7, 11) is 0. The van der Waals surface area contributed by atoms with Crippen LogP contribution in [0.2, 0.25) is 0 Å². The van der Waals surface area contributed by atoms with Crippen LogP contribution < -0.4 is 0 Å². The first kappa shape index (κ1) is 15.3. The highest BCUT2D eigenvalue weighted by Gasteiger charge is 2.49. The van der Waals surface area contributed by atoms with Gasteiger partial charge in [-0.05, 0) is 62.7 Å². The highest BCUT2D eigenvalue weighted by atomic mass is 35.5. The highest BCUT2D eigenvalue weighted by molar-refractivity contribution is 6.32. The van der Waals surface area contributed by atoms with E-state index in [1.807, 2.05) is 0 Å². The van der Waals surface area contributed by atoms with Crippen molar-refractivity contribution in [3.05, 3.63) is 21.8 Å². The predicted octanol–water partition coefficient (Wildman–Crippen LogP) is 5.79. The van der Waals surface area contributed by atoms with Crippen molar-refractivity contribution >= 4 is 17.4 Å². The summed E-state index contributed by atoms with van der Waals surface area (Å²) in [5, 5.41) is 0.860. The van der Waals surface area contributed by atoms with Crippen LogP contribution in [0.5, 0.6) is 0 Å². The maximum Gasteiger partial charge on any atom is 0.164 e. The summed E-state index contributed by atoms with van der Waals surface area (Å²) in [4.78, 5) is 13.3. The van der Waals surface area contributed by atoms with Gasteiger partial charge < -0.3 is 0 Å². The zero-order valence-electron chi connectivity index (χ0n) is 13.8. The molecule has 0 aromatic rings. The van der Waals surface area contributed by atoms with Gasteiger partial charge in [0.2, 0.25) is 0 Å². The molecule has 0 radical (unpaired) electrons. The van der Waals surface area contributed by atoms with Gasteiger partial charge in [-0.1, -0.05) is 43.5 Å². The molecule has 2 heteroatoms. The van der Waals surface area contributed by atoms with E-state index in [2.05, 4.69) is 27.7 Å². The second-order valence-corrected chi connectivity index (χ2v) is 8.59. The Hall–Kier alpha value is -0.560. The summed E-state index contributed by atoms with van der Waals surface area (Å²) in [6, 6.07) is 0. The minimum Gasteiger partial charge on any atom is -0.294 e. The molecular weight excluding hydrogens is 280 g/mol. The Bertz CT molecular complexity index is 552. The molecule has 3 aliphatic rings. The number of rotatable bonds is 0. The summed E-state index contributed by atoms with van der Waals surface area (Å²) in [5.41, 5.74) is 4.08. The lowest BCUT2D eigenvalue weighted by atomic mass is 9.55. The van der Waals surface area contributed by atoms with E-state index in [0.29, 0.717) is 5.78 Å². The van der Waals surface area contributed by atoms with Crippen LogP contribution in [0.25, 0.3) is 0 Å². The molecule has 0 aliphatic heterocycles. The van der Waals surface area contributed by atoms with Gasteiger partial charge in [-0.15, -0.1) is 0 Å².